The second-order valence-corrected chi connectivity index (χ2v) is 16.4. The molecule has 1 aromatic carbocycles. The van der Waals surface area contributed by atoms with E-state index >= 15 is 0 Å². The highest BCUT2D eigenvalue weighted by Crippen LogP contribution is 2.28. The molecule has 2 aliphatic heterocycles. The van der Waals surface area contributed by atoms with Crippen molar-refractivity contribution in [2.75, 3.05) is 26.4 Å². The molecule has 2 aliphatic rings. The van der Waals surface area contributed by atoms with Gasteiger partial charge in [-0.25, -0.2) is 8.78 Å². The minimum absolute atomic E-state index is 0.156. The molecule has 0 bridgehead atoms. The van der Waals surface area contributed by atoms with Crippen LogP contribution in [0.3, 0.4) is 0 Å². The van der Waals surface area contributed by atoms with Gasteiger partial charge >= 0.3 is 0 Å². The number of aliphatic hydroxyl groups excluding tert-OH is 6. The van der Waals surface area contributed by atoms with Crippen molar-refractivity contribution in [2.45, 2.75) is 209 Å². The van der Waals surface area contributed by atoms with Gasteiger partial charge < -0.3 is 44.8 Å². The third kappa shape index (κ3) is 17.6. The van der Waals surface area contributed by atoms with Crippen LogP contribution < -0.4 is 5.32 Å². The summed E-state index contributed by atoms with van der Waals surface area (Å²) < 4.78 is 43.6. The lowest BCUT2D eigenvalue weighted by Crippen LogP contribution is -2.67. The van der Waals surface area contributed by atoms with Gasteiger partial charge in [-0.1, -0.05) is 135 Å². The van der Waals surface area contributed by atoms with E-state index in [9.17, 15) is 39.4 Å². The van der Waals surface area contributed by atoms with Crippen molar-refractivity contribution in [1.82, 2.24) is 5.32 Å². The molecular formula is C43H75F2NO9. The lowest BCUT2D eigenvalue weighted by molar-refractivity contribution is -0.303. The van der Waals surface area contributed by atoms with E-state index in [0.29, 0.717) is 19.6 Å². The third-order valence-electron chi connectivity index (χ3n) is 11.6. The van der Waals surface area contributed by atoms with Crippen LogP contribution in [0, 0.1) is 11.6 Å². The molecule has 5 unspecified atom stereocenters. The zero-order chi connectivity index (χ0) is 39.9. The molecular weight excluding hydrogens is 712 g/mol. The Labute approximate surface area is 329 Å². The molecule has 3 rings (SSSR count). The monoisotopic (exact) mass is 788 g/mol. The number of benzene rings is 1. The summed E-state index contributed by atoms with van der Waals surface area (Å²) >= 11 is 0. The molecule has 10 nitrogen and oxygen atoms in total. The highest BCUT2D eigenvalue weighted by atomic mass is 19.2. The van der Waals surface area contributed by atoms with E-state index in [4.69, 9.17) is 14.2 Å². The van der Waals surface area contributed by atoms with Gasteiger partial charge in [0.15, 0.2) is 17.9 Å². The number of unbranched alkanes of at least 4 members (excludes halogenated alkanes) is 18. The number of aryl methyl sites for hydroxylation is 1. The van der Waals surface area contributed by atoms with E-state index < -0.39 is 72.7 Å². The van der Waals surface area contributed by atoms with E-state index in [0.717, 1.165) is 89.0 Å². The zero-order valence-electron chi connectivity index (χ0n) is 33.6. The van der Waals surface area contributed by atoms with E-state index in [2.05, 4.69) is 12.2 Å². The molecule has 12 heteroatoms. The van der Waals surface area contributed by atoms with E-state index in [1.807, 2.05) is 0 Å². The van der Waals surface area contributed by atoms with Crippen LogP contribution in [0.15, 0.2) is 18.2 Å². The van der Waals surface area contributed by atoms with Gasteiger partial charge in [0, 0.05) is 0 Å². The Balaban J connectivity index is 1.41. The summed E-state index contributed by atoms with van der Waals surface area (Å²) in [6.07, 6.45) is 15.5. The first-order valence-electron chi connectivity index (χ1n) is 21.7. The fourth-order valence-corrected chi connectivity index (χ4v) is 7.85. The Morgan fingerprint density at radius 1 is 0.745 bits per heavy atom. The molecule has 0 spiro atoms. The molecule has 2 saturated heterocycles. The topological polar surface area (TPSA) is 161 Å². The highest BCUT2D eigenvalue weighted by molar-refractivity contribution is 5.17. The second-order valence-electron chi connectivity index (χ2n) is 16.4. The van der Waals surface area contributed by atoms with Gasteiger partial charge in [-0.3, -0.25) is 5.32 Å². The quantitative estimate of drug-likeness (QED) is 0.0409. The van der Waals surface area contributed by atoms with Crippen molar-refractivity contribution < 1.29 is 53.6 Å². The Bertz CT molecular complexity index is 1130. The Kier molecular flexibility index (Phi) is 23.9. The third-order valence-corrected chi connectivity index (χ3v) is 11.6. The molecule has 8 atom stereocenters. The lowest BCUT2D eigenvalue weighted by Gasteiger charge is -2.46. The summed E-state index contributed by atoms with van der Waals surface area (Å²) in [7, 11) is 0. The smallest absolute Gasteiger partial charge is 0.186 e. The standard InChI is InChI=1S/C43H75F2NO9/c1-2-3-4-5-6-7-8-9-10-14-17-20-23-36(48)38(49)35(29-54-42-41(52)40(51)39(50)37(28-47)55-42)46-43(30-53-31-43)26-21-18-15-12-11-13-16-19-22-32-24-25-33(44)34(45)27-32/h24-25,27,35-42,46-52H,2-23,26,28-31H2,1H3/t35-,36+,37?,38-,39?,40?,41?,42?/m0/s1. The minimum atomic E-state index is -1.58. The number of hydrogen-bond acceptors (Lipinski definition) is 10. The Morgan fingerprint density at radius 2 is 1.31 bits per heavy atom. The molecule has 0 aliphatic carbocycles. The Hall–Kier alpha value is -1.32. The van der Waals surface area contributed by atoms with Gasteiger partial charge in [0.25, 0.3) is 0 Å². The van der Waals surface area contributed by atoms with E-state index in [-0.39, 0.29) is 6.61 Å². The first kappa shape index (κ1) is 48.1. The minimum Gasteiger partial charge on any atom is -0.394 e. The van der Waals surface area contributed by atoms with Gasteiger partial charge in [0.2, 0.25) is 0 Å². The van der Waals surface area contributed by atoms with Crippen LogP contribution in [0.5, 0.6) is 0 Å². The highest BCUT2D eigenvalue weighted by Gasteiger charge is 2.46. The molecule has 2 fully saturated rings. The van der Waals surface area contributed by atoms with Gasteiger partial charge in [-0.05, 0) is 43.4 Å². The molecule has 0 amide bonds. The van der Waals surface area contributed by atoms with Gasteiger partial charge in [0.1, 0.15) is 24.4 Å². The van der Waals surface area contributed by atoms with Crippen LogP contribution in [-0.4, -0.2) is 112 Å². The fraction of sp³-hybridized carbons (Fsp3) is 0.860. The second kappa shape index (κ2) is 27.4. The molecule has 7 N–H and O–H groups in total. The first-order valence-corrected chi connectivity index (χ1v) is 21.7. The molecule has 2 heterocycles. The summed E-state index contributed by atoms with van der Waals surface area (Å²) in [5.41, 5.74) is 0.408. The number of ether oxygens (including phenoxy) is 3. The largest absolute Gasteiger partial charge is 0.394 e. The van der Waals surface area contributed by atoms with Crippen LogP contribution in [0.25, 0.3) is 0 Å². The van der Waals surface area contributed by atoms with Crippen LogP contribution in [0.1, 0.15) is 154 Å². The average molecular weight is 788 g/mol. The molecule has 320 valence electrons. The first-order chi connectivity index (χ1) is 26.6. The van der Waals surface area contributed by atoms with E-state index in [1.165, 1.54) is 69.9 Å². The molecule has 55 heavy (non-hydrogen) atoms. The van der Waals surface area contributed by atoms with E-state index in [1.54, 1.807) is 6.07 Å². The predicted octanol–water partition coefficient (Wildman–Crippen LogP) is 6.37. The summed E-state index contributed by atoms with van der Waals surface area (Å²) in [5.74, 6) is -1.61. The van der Waals surface area contributed by atoms with Crippen LogP contribution in [-0.2, 0) is 20.6 Å². The van der Waals surface area contributed by atoms with Gasteiger partial charge in [-0.2, -0.15) is 0 Å². The van der Waals surface area contributed by atoms with Crippen molar-refractivity contribution in [1.29, 1.82) is 0 Å². The zero-order valence-corrected chi connectivity index (χ0v) is 33.6. The predicted molar refractivity (Wildman–Crippen MR) is 210 cm³/mol. The normalized spacial score (nSPS) is 24.1. The van der Waals surface area contributed by atoms with Crippen molar-refractivity contribution in [3.8, 4) is 0 Å². The van der Waals surface area contributed by atoms with Crippen LogP contribution in [0.4, 0.5) is 8.78 Å². The van der Waals surface area contributed by atoms with Crippen LogP contribution >= 0.6 is 0 Å². The summed E-state index contributed by atoms with van der Waals surface area (Å²) in [6, 6.07) is 3.37. The summed E-state index contributed by atoms with van der Waals surface area (Å²) in [6.45, 7) is 2.40. The summed E-state index contributed by atoms with van der Waals surface area (Å²) in [5, 5.41) is 66.7. The SMILES string of the molecule is CCCCCCCCCCCCCC[C@@H](O)[C@@H](O)[C@H](COC1OC(CO)C(O)C(O)C1O)NC1(CCCCCCCCCCc2ccc(F)c(F)c2)COC1. The summed E-state index contributed by atoms with van der Waals surface area (Å²) in [4.78, 5) is 0. The van der Waals surface area contributed by atoms with Gasteiger partial charge in [0.05, 0.1) is 50.2 Å². The van der Waals surface area contributed by atoms with Crippen LogP contribution in [0.2, 0.25) is 0 Å². The number of rotatable bonds is 32. The maximum atomic E-state index is 13.4. The maximum absolute atomic E-state index is 13.4. The number of nitrogens with one attached hydrogen (secondary N) is 1. The van der Waals surface area contributed by atoms with Gasteiger partial charge in [-0.15, -0.1) is 0 Å². The number of aliphatic hydroxyl groups is 6. The van der Waals surface area contributed by atoms with Crippen molar-refractivity contribution in [2.24, 2.45) is 0 Å². The molecule has 0 aromatic heterocycles. The average Bonchev–Trinajstić information content (AvgIpc) is 3.16. The maximum Gasteiger partial charge on any atom is 0.186 e. The Morgan fingerprint density at radius 3 is 1.85 bits per heavy atom. The van der Waals surface area contributed by atoms with Crippen molar-refractivity contribution in [3.05, 3.63) is 35.4 Å². The number of hydrogen-bond donors (Lipinski definition) is 7. The van der Waals surface area contributed by atoms with Crippen molar-refractivity contribution in [3.63, 3.8) is 0 Å². The van der Waals surface area contributed by atoms with Crippen molar-refractivity contribution >= 4 is 0 Å². The molecule has 1 aromatic rings. The molecule has 0 radical (unpaired) electrons. The fourth-order valence-electron chi connectivity index (χ4n) is 7.85. The molecule has 0 saturated carbocycles. The number of halogens is 2. The lowest BCUT2D eigenvalue weighted by atomic mass is 9.87.